The number of unbranched alkanes of at least 4 members (excludes halogenated alkanes) is 2. The number of amides is 1. The van der Waals surface area contributed by atoms with Crippen LogP contribution < -0.4 is 5.32 Å². The van der Waals surface area contributed by atoms with Gasteiger partial charge < -0.3 is 20.2 Å². The highest BCUT2D eigenvalue weighted by molar-refractivity contribution is 5.81. The zero-order valence-electron chi connectivity index (χ0n) is 14.9. The Kier molecular flexibility index (Phi) is 8.09. The molecule has 1 aliphatic heterocycles. The van der Waals surface area contributed by atoms with Gasteiger partial charge in [0.2, 0.25) is 0 Å². The molecule has 1 amide bonds. The van der Waals surface area contributed by atoms with E-state index in [1.165, 1.54) is 19.1 Å². The Balaban J connectivity index is 2.34. The van der Waals surface area contributed by atoms with Crippen LogP contribution in [0.4, 0.5) is 4.79 Å². The fourth-order valence-electron chi connectivity index (χ4n) is 2.24. The van der Waals surface area contributed by atoms with E-state index in [9.17, 15) is 4.79 Å². The predicted octanol–water partition coefficient (Wildman–Crippen LogP) is 2.94. The van der Waals surface area contributed by atoms with Crippen LogP contribution in [0.2, 0.25) is 0 Å². The Morgan fingerprint density at radius 2 is 2.04 bits per heavy atom. The molecule has 1 rings (SSSR count). The minimum absolute atomic E-state index is 0.343. The largest absolute Gasteiger partial charge is 0.444 e. The summed E-state index contributed by atoms with van der Waals surface area (Å²) in [6.45, 7) is 10.7. The second kappa shape index (κ2) is 9.55. The van der Waals surface area contributed by atoms with Gasteiger partial charge in [0.25, 0.3) is 0 Å². The molecule has 0 radical (unpaired) electrons. The molecule has 23 heavy (non-hydrogen) atoms. The molecule has 0 spiro atoms. The third-order valence-corrected chi connectivity index (χ3v) is 3.40. The molecule has 0 aromatic heterocycles. The molecule has 6 heteroatoms. The first-order chi connectivity index (χ1) is 10.9. The molecule has 0 bridgehead atoms. The Morgan fingerprint density at radius 3 is 2.65 bits per heavy atom. The van der Waals surface area contributed by atoms with E-state index in [0.29, 0.717) is 26.2 Å². The molecular weight excluding hydrogens is 294 g/mol. The van der Waals surface area contributed by atoms with Gasteiger partial charge in [0.15, 0.2) is 0 Å². The second-order valence-electron chi connectivity index (χ2n) is 6.73. The third-order valence-electron chi connectivity index (χ3n) is 3.40. The van der Waals surface area contributed by atoms with E-state index in [0.717, 1.165) is 24.3 Å². The van der Waals surface area contributed by atoms with Gasteiger partial charge in [0.1, 0.15) is 5.60 Å². The molecule has 0 saturated heterocycles. The smallest absolute Gasteiger partial charge is 0.410 e. The summed E-state index contributed by atoms with van der Waals surface area (Å²) in [5.74, 6) is 0. The van der Waals surface area contributed by atoms with E-state index in [1.807, 2.05) is 20.8 Å². The Hall–Kier alpha value is -1.56. The van der Waals surface area contributed by atoms with Crippen molar-refractivity contribution in [3.05, 3.63) is 11.3 Å². The van der Waals surface area contributed by atoms with Crippen LogP contribution in [0.5, 0.6) is 0 Å². The monoisotopic (exact) mass is 325 g/mol. The molecule has 0 saturated carbocycles. The molecule has 0 aliphatic carbocycles. The lowest BCUT2D eigenvalue weighted by Crippen LogP contribution is -2.36. The van der Waals surface area contributed by atoms with Crippen LogP contribution in [-0.4, -0.2) is 55.7 Å². The zero-order valence-corrected chi connectivity index (χ0v) is 14.9. The Morgan fingerprint density at radius 1 is 1.30 bits per heavy atom. The summed E-state index contributed by atoms with van der Waals surface area (Å²) < 4.78 is 10.9. The van der Waals surface area contributed by atoms with Gasteiger partial charge in [-0.3, -0.25) is 4.90 Å². The lowest BCUT2D eigenvalue weighted by Gasteiger charge is -2.24. The van der Waals surface area contributed by atoms with Gasteiger partial charge in [-0.2, -0.15) is 0 Å². The fourth-order valence-corrected chi connectivity index (χ4v) is 2.24. The molecule has 1 aliphatic rings. The summed E-state index contributed by atoms with van der Waals surface area (Å²) in [6.07, 6.45) is 4.44. The summed E-state index contributed by atoms with van der Waals surface area (Å²) >= 11 is 0. The maximum Gasteiger partial charge on any atom is 0.410 e. The van der Waals surface area contributed by atoms with E-state index in [1.54, 1.807) is 4.90 Å². The Bertz CT molecular complexity index is 427. The van der Waals surface area contributed by atoms with Crippen LogP contribution in [0.25, 0.3) is 0 Å². The van der Waals surface area contributed by atoms with Crippen LogP contribution >= 0.6 is 0 Å². The molecule has 132 valence electrons. The normalized spacial score (nSPS) is 15.0. The van der Waals surface area contributed by atoms with E-state index in [-0.39, 0.29) is 6.09 Å². The summed E-state index contributed by atoms with van der Waals surface area (Å²) in [6, 6.07) is 0. The van der Waals surface area contributed by atoms with Gasteiger partial charge in [-0.05, 0) is 27.2 Å². The third kappa shape index (κ3) is 7.50. The van der Waals surface area contributed by atoms with Crippen LogP contribution in [-0.2, 0) is 9.47 Å². The zero-order chi connectivity index (χ0) is 17.3. The molecular formula is C17H31N3O3. The van der Waals surface area contributed by atoms with Crippen LogP contribution in [0.1, 0.15) is 47.0 Å². The summed E-state index contributed by atoms with van der Waals surface area (Å²) in [7, 11) is 0. The van der Waals surface area contributed by atoms with Gasteiger partial charge >= 0.3 is 6.09 Å². The van der Waals surface area contributed by atoms with Crippen molar-refractivity contribution in [3.8, 4) is 0 Å². The lowest BCUT2D eigenvalue weighted by molar-refractivity contribution is 0.0299. The molecule has 1 heterocycles. The standard InChI is InChI=1S/C17H31N3O3/c1-5-6-7-9-22-10-8-19-15-13-20(12-14(15)11-18)16(21)23-17(2,3)4/h11,18-19H,5-10,12-13H2,1-4H3. The van der Waals surface area contributed by atoms with Gasteiger partial charge in [-0.1, -0.05) is 19.8 Å². The second-order valence-corrected chi connectivity index (χ2v) is 6.73. The predicted molar refractivity (Wildman–Crippen MR) is 92.0 cm³/mol. The molecule has 0 aromatic carbocycles. The molecule has 0 atom stereocenters. The fraction of sp³-hybridized carbons (Fsp3) is 0.765. The van der Waals surface area contributed by atoms with Crippen LogP contribution in [0.15, 0.2) is 11.3 Å². The van der Waals surface area contributed by atoms with Crippen LogP contribution in [0, 0.1) is 5.41 Å². The summed E-state index contributed by atoms with van der Waals surface area (Å²) in [5, 5.41) is 10.8. The minimum Gasteiger partial charge on any atom is -0.444 e. The van der Waals surface area contributed by atoms with E-state index in [4.69, 9.17) is 14.9 Å². The van der Waals surface area contributed by atoms with Gasteiger partial charge in [-0.25, -0.2) is 4.79 Å². The summed E-state index contributed by atoms with van der Waals surface area (Å²) in [5.41, 5.74) is 1.22. The maximum absolute atomic E-state index is 12.1. The molecule has 0 unspecified atom stereocenters. The van der Waals surface area contributed by atoms with E-state index < -0.39 is 5.60 Å². The van der Waals surface area contributed by atoms with E-state index in [2.05, 4.69) is 12.2 Å². The van der Waals surface area contributed by atoms with Crippen molar-refractivity contribution in [1.29, 1.82) is 5.41 Å². The first kappa shape index (κ1) is 19.5. The van der Waals surface area contributed by atoms with Crippen molar-refractivity contribution < 1.29 is 14.3 Å². The number of carbonyl (C=O) groups is 1. The van der Waals surface area contributed by atoms with Crippen molar-refractivity contribution in [2.24, 2.45) is 0 Å². The highest BCUT2D eigenvalue weighted by Gasteiger charge is 2.28. The molecule has 6 nitrogen and oxygen atoms in total. The van der Waals surface area contributed by atoms with Crippen molar-refractivity contribution in [2.75, 3.05) is 32.8 Å². The molecule has 2 N–H and O–H groups in total. The number of ether oxygens (including phenoxy) is 2. The molecule has 0 aromatic rings. The molecule has 0 fully saturated rings. The number of nitrogens with zero attached hydrogens (tertiary/aromatic N) is 1. The highest BCUT2D eigenvalue weighted by Crippen LogP contribution is 2.17. The average Bonchev–Trinajstić information content (AvgIpc) is 2.88. The van der Waals surface area contributed by atoms with E-state index >= 15 is 0 Å². The highest BCUT2D eigenvalue weighted by atomic mass is 16.6. The number of hydrogen-bond donors (Lipinski definition) is 2. The maximum atomic E-state index is 12.1. The van der Waals surface area contributed by atoms with Crippen molar-refractivity contribution in [2.45, 2.75) is 52.6 Å². The number of carbonyl (C=O) groups excluding carboxylic acids is 1. The van der Waals surface area contributed by atoms with Crippen molar-refractivity contribution in [1.82, 2.24) is 10.2 Å². The average molecular weight is 325 g/mol. The SMILES string of the molecule is CCCCCOCCNC1=C(C=N)CN(C(=O)OC(C)(C)C)C1. The first-order valence-corrected chi connectivity index (χ1v) is 8.39. The van der Waals surface area contributed by atoms with Crippen molar-refractivity contribution in [3.63, 3.8) is 0 Å². The summed E-state index contributed by atoms with van der Waals surface area (Å²) in [4.78, 5) is 13.7. The topological polar surface area (TPSA) is 74.7 Å². The lowest BCUT2D eigenvalue weighted by atomic mass is 10.2. The van der Waals surface area contributed by atoms with Crippen molar-refractivity contribution >= 4 is 12.3 Å². The minimum atomic E-state index is -0.509. The number of hydrogen-bond acceptors (Lipinski definition) is 5. The van der Waals surface area contributed by atoms with Gasteiger partial charge in [0.05, 0.1) is 19.7 Å². The van der Waals surface area contributed by atoms with Gasteiger partial charge in [0, 0.05) is 30.6 Å². The quantitative estimate of drug-likeness (QED) is 0.505. The van der Waals surface area contributed by atoms with Crippen LogP contribution in [0.3, 0.4) is 0 Å². The Labute approximate surface area is 139 Å². The number of nitrogens with one attached hydrogen (secondary N) is 2. The first-order valence-electron chi connectivity index (χ1n) is 8.39. The number of rotatable bonds is 9. The van der Waals surface area contributed by atoms with Gasteiger partial charge in [-0.15, -0.1) is 0 Å².